The van der Waals surface area contributed by atoms with Crippen LogP contribution in [0.3, 0.4) is 0 Å². The van der Waals surface area contributed by atoms with Crippen molar-refractivity contribution >= 4 is 16.8 Å². The molecule has 0 spiro atoms. The van der Waals surface area contributed by atoms with Crippen molar-refractivity contribution in [1.82, 2.24) is 0 Å². The zero-order valence-corrected chi connectivity index (χ0v) is 10.8. The molecule has 0 bridgehead atoms. The molecule has 18 heavy (non-hydrogen) atoms. The number of rotatable bonds is 4. The highest BCUT2D eigenvalue weighted by Gasteiger charge is 2.16. The van der Waals surface area contributed by atoms with Gasteiger partial charge >= 0.3 is 5.97 Å². The Balaban J connectivity index is 2.09. The van der Waals surface area contributed by atoms with Gasteiger partial charge in [0.15, 0.2) is 11.5 Å². The molecule has 1 aromatic carbocycles. The number of carbonyl (C=O) groups excluding carboxylic acids is 1. The SMILES string of the molecule is CCOC(=O)CS(=O)c1ccc2c(c1)OCCO2. The molecule has 0 saturated heterocycles. The summed E-state index contributed by atoms with van der Waals surface area (Å²) in [6, 6.07) is 5.01. The number of carbonyl (C=O) groups is 1. The molecule has 0 N–H and O–H groups in total. The minimum atomic E-state index is -1.42. The van der Waals surface area contributed by atoms with E-state index >= 15 is 0 Å². The number of ether oxygens (including phenoxy) is 3. The van der Waals surface area contributed by atoms with Crippen molar-refractivity contribution in [3.05, 3.63) is 18.2 Å². The molecule has 6 heteroatoms. The smallest absolute Gasteiger partial charge is 0.318 e. The van der Waals surface area contributed by atoms with Gasteiger partial charge in [-0.2, -0.15) is 0 Å². The second-order valence-electron chi connectivity index (χ2n) is 3.60. The van der Waals surface area contributed by atoms with Gasteiger partial charge in [0.05, 0.1) is 17.4 Å². The molecule has 0 aliphatic carbocycles. The van der Waals surface area contributed by atoms with Gasteiger partial charge in [0.2, 0.25) is 0 Å². The number of fused-ring (bicyclic) bond motifs is 1. The van der Waals surface area contributed by atoms with Crippen molar-refractivity contribution in [2.24, 2.45) is 0 Å². The van der Waals surface area contributed by atoms with E-state index in [1.807, 2.05) is 0 Å². The zero-order valence-electron chi connectivity index (χ0n) is 10.0. The summed E-state index contributed by atoms with van der Waals surface area (Å²) in [6.07, 6.45) is 0. The van der Waals surface area contributed by atoms with Crippen LogP contribution in [0.1, 0.15) is 6.92 Å². The summed E-state index contributed by atoms with van der Waals surface area (Å²) in [7, 11) is -1.42. The van der Waals surface area contributed by atoms with Crippen LogP contribution in [0.4, 0.5) is 0 Å². The summed E-state index contributed by atoms with van der Waals surface area (Å²) in [5, 5.41) is 0. The Labute approximate surface area is 107 Å². The summed E-state index contributed by atoms with van der Waals surface area (Å²) < 4.78 is 27.4. The third kappa shape index (κ3) is 3.01. The first-order chi connectivity index (χ1) is 8.70. The molecule has 1 aromatic rings. The van der Waals surface area contributed by atoms with Crippen molar-refractivity contribution < 1.29 is 23.2 Å². The number of benzene rings is 1. The molecular weight excluding hydrogens is 256 g/mol. The van der Waals surface area contributed by atoms with Crippen LogP contribution in [-0.2, 0) is 20.3 Å². The number of esters is 1. The maximum atomic E-state index is 11.9. The highest BCUT2D eigenvalue weighted by Crippen LogP contribution is 2.31. The van der Waals surface area contributed by atoms with Crippen LogP contribution in [0.2, 0.25) is 0 Å². The van der Waals surface area contributed by atoms with Gasteiger partial charge in [-0.15, -0.1) is 0 Å². The first kappa shape index (κ1) is 12.9. The Morgan fingerprint density at radius 3 is 2.78 bits per heavy atom. The molecule has 2 rings (SSSR count). The first-order valence-corrected chi connectivity index (χ1v) is 6.96. The Morgan fingerprint density at radius 1 is 1.33 bits per heavy atom. The highest BCUT2D eigenvalue weighted by molar-refractivity contribution is 7.85. The fourth-order valence-corrected chi connectivity index (χ4v) is 2.48. The second kappa shape index (κ2) is 5.86. The molecule has 0 radical (unpaired) electrons. The van der Waals surface area contributed by atoms with Gasteiger partial charge in [-0.1, -0.05) is 0 Å². The van der Waals surface area contributed by atoms with Crippen LogP contribution in [0, 0.1) is 0 Å². The molecule has 1 unspecified atom stereocenters. The number of hydrogen-bond acceptors (Lipinski definition) is 5. The summed E-state index contributed by atoms with van der Waals surface area (Å²) in [5.41, 5.74) is 0. The van der Waals surface area contributed by atoms with E-state index in [0.29, 0.717) is 29.6 Å². The van der Waals surface area contributed by atoms with Crippen LogP contribution in [0.25, 0.3) is 0 Å². The Kier molecular flexibility index (Phi) is 4.19. The van der Waals surface area contributed by atoms with Gasteiger partial charge in [0.1, 0.15) is 19.0 Å². The summed E-state index contributed by atoms with van der Waals surface area (Å²) >= 11 is 0. The van der Waals surface area contributed by atoms with E-state index in [4.69, 9.17) is 14.2 Å². The molecule has 1 aliphatic heterocycles. The molecule has 1 heterocycles. The van der Waals surface area contributed by atoms with Crippen molar-refractivity contribution in [2.75, 3.05) is 25.6 Å². The molecule has 98 valence electrons. The predicted molar refractivity (Wildman–Crippen MR) is 65.3 cm³/mol. The van der Waals surface area contributed by atoms with E-state index in [-0.39, 0.29) is 12.4 Å². The Bertz CT molecular complexity index is 472. The minimum absolute atomic E-state index is 0.145. The molecule has 0 fully saturated rings. The maximum absolute atomic E-state index is 11.9. The molecule has 5 nitrogen and oxygen atoms in total. The lowest BCUT2D eigenvalue weighted by Crippen LogP contribution is -2.16. The summed E-state index contributed by atoms with van der Waals surface area (Å²) in [6.45, 7) is 2.99. The van der Waals surface area contributed by atoms with Crippen LogP contribution < -0.4 is 9.47 Å². The van der Waals surface area contributed by atoms with E-state index in [9.17, 15) is 9.00 Å². The minimum Gasteiger partial charge on any atom is -0.486 e. The summed E-state index contributed by atoms with van der Waals surface area (Å²) in [4.78, 5) is 11.8. The molecule has 0 saturated carbocycles. The van der Waals surface area contributed by atoms with Crippen LogP contribution >= 0.6 is 0 Å². The van der Waals surface area contributed by atoms with Crippen LogP contribution in [0.5, 0.6) is 11.5 Å². The van der Waals surface area contributed by atoms with Crippen LogP contribution in [0.15, 0.2) is 23.1 Å². The Morgan fingerprint density at radius 2 is 2.06 bits per heavy atom. The van der Waals surface area contributed by atoms with Crippen molar-refractivity contribution in [2.45, 2.75) is 11.8 Å². The second-order valence-corrected chi connectivity index (χ2v) is 5.05. The molecule has 1 atom stereocenters. The van der Waals surface area contributed by atoms with Crippen molar-refractivity contribution in [3.8, 4) is 11.5 Å². The third-order valence-corrected chi connectivity index (χ3v) is 3.61. The van der Waals surface area contributed by atoms with Crippen LogP contribution in [-0.4, -0.2) is 35.8 Å². The van der Waals surface area contributed by atoms with Gasteiger partial charge in [-0.3, -0.25) is 9.00 Å². The standard InChI is InChI=1S/C12H14O5S/c1-2-15-12(13)8-18(14)9-3-4-10-11(7-9)17-6-5-16-10/h3-4,7H,2,5-6,8H2,1H3. The predicted octanol–water partition coefficient (Wildman–Crippen LogP) is 1.13. The van der Waals surface area contributed by atoms with Gasteiger partial charge < -0.3 is 14.2 Å². The van der Waals surface area contributed by atoms with Crippen molar-refractivity contribution in [3.63, 3.8) is 0 Å². The van der Waals surface area contributed by atoms with E-state index in [0.717, 1.165) is 0 Å². The largest absolute Gasteiger partial charge is 0.486 e. The molecular formula is C12H14O5S. The quantitative estimate of drug-likeness (QED) is 0.767. The van der Waals surface area contributed by atoms with Gasteiger partial charge in [0.25, 0.3) is 0 Å². The average Bonchev–Trinajstić information content (AvgIpc) is 2.38. The Hall–Kier alpha value is -1.56. The van der Waals surface area contributed by atoms with E-state index < -0.39 is 16.8 Å². The topological polar surface area (TPSA) is 61.8 Å². The first-order valence-electron chi connectivity index (χ1n) is 5.64. The monoisotopic (exact) mass is 270 g/mol. The van der Waals surface area contributed by atoms with E-state index in [1.54, 1.807) is 25.1 Å². The van der Waals surface area contributed by atoms with Gasteiger partial charge in [0, 0.05) is 11.0 Å². The lowest BCUT2D eigenvalue weighted by molar-refractivity contribution is -0.139. The fraction of sp³-hybridized carbons (Fsp3) is 0.417. The maximum Gasteiger partial charge on any atom is 0.318 e. The van der Waals surface area contributed by atoms with Gasteiger partial charge in [-0.25, -0.2) is 0 Å². The van der Waals surface area contributed by atoms with Gasteiger partial charge in [-0.05, 0) is 19.1 Å². The van der Waals surface area contributed by atoms with E-state index in [2.05, 4.69) is 0 Å². The fourth-order valence-electron chi connectivity index (χ4n) is 1.56. The normalized spacial score (nSPS) is 14.9. The van der Waals surface area contributed by atoms with E-state index in [1.165, 1.54) is 0 Å². The highest BCUT2D eigenvalue weighted by atomic mass is 32.2. The lowest BCUT2D eigenvalue weighted by Gasteiger charge is -2.18. The number of hydrogen-bond donors (Lipinski definition) is 0. The molecule has 0 amide bonds. The third-order valence-electron chi connectivity index (χ3n) is 2.33. The zero-order chi connectivity index (χ0) is 13.0. The average molecular weight is 270 g/mol. The van der Waals surface area contributed by atoms with Crippen molar-refractivity contribution in [1.29, 1.82) is 0 Å². The molecule has 0 aromatic heterocycles. The molecule has 1 aliphatic rings. The summed E-state index contributed by atoms with van der Waals surface area (Å²) in [5.74, 6) is 0.591. The lowest BCUT2D eigenvalue weighted by atomic mass is 10.3.